The summed E-state index contributed by atoms with van der Waals surface area (Å²) in [6.07, 6.45) is 3.74. The fraction of sp³-hybridized carbons (Fsp3) is 0.185. The first-order valence-corrected chi connectivity index (χ1v) is 11.7. The number of benzene rings is 4. The number of halogens is 3. The summed E-state index contributed by atoms with van der Waals surface area (Å²) in [5.41, 5.74) is 3.23. The Morgan fingerprint density at radius 3 is 2.19 bits per heavy atom. The van der Waals surface area contributed by atoms with Crippen LogP contribution in [0, 0.1) is 17.5 Å². The van der Waals surface area contributed by atoms with Crippen molar-refractivity contribution in [1.29, 1.82) is 0 Å². The average molecular weight is 453 g/mol. The van der Waals surface area contributed by atoms with Gasteiger partial charge in [-0.25, -0.2) is 13.2 Å². The number of aryl methyl sites for hydroxylation is 1. The van der Waals surface area contributed by atoms with Gasteiger partial charge in [0.15, 0.2) is 11.6 Å². The molecule has 0 saturated heterocycles. The van der Waals surface area contributed by atoms with E-state index in [4.69, 9.17) is 4.74 Å². The molecule has 0 aliphatic carbocycles. The summed E-state index contributed by atoms with van der Waals surface area (Å²) >= 11 is 1.70. The van der Waals surface area contributed by atoms with Gasteiger partial charge in [0, 0.05) is 22.1 Å². The minimum absolute atomic E-state index is 0.0194. The summed E-state index contributed by atoms with van der Waals surface area (Å²) in [5, 5.41) is 2.16. The van der Waals surface area contributed by atoms with Crippen molar-refractivity contribution in [3.05, 3.63) is 95.3 Å². The number of fused-ring (bicyclic) bond motifs is 1. The molecule has 0 amide bonds. The maximum Gasteiger partial charge on any atom is 0.161 e. The summed E-state index contributed by atoms with van der Waals surface area (Å²) in [6.45, 7) is 1.91. The molecule has 4 rings (SSSR count). The second-order valence-corrected chi connectivity index (χ2v) is 8.48. The lowest BCUT2D eigenvalue weighted by Crippen LogP contribution is -2.03. The zero-order valence-corrected chi connectivity index (χ0v) is 18.7. The highest BCUT2D eigenvalue weighted by Crippen LogP contribution is 2.34. The lowest BCUT2D eigenvalue weighted by atomic mass is 9.95. The fourth-order valence-electron chi connectivity index (χ4n) is 3.80. The molecule has 5 heteroatoms. The Labute approximate surface area is 190 Å². The number of hydrogen-bond donors (Lipinski definition) is 0. The first kappa shape index (κ1) is 22.3. The third-order valence-electron chi connectivity index (χ3n) is 5.49. The van der Waals surface area contributed by atoms with Gasteiger partial charge in [-0.3, -0.25) is 0 Å². The molecule has 0 fully saturated rings. The van der Waals surface area contributed by atoms with E-state index in [-0.39, 0.29) is 12.2 Å². The number of thioether (sulfide) groups is 1. The standard InChI is InChI=1S/C27H23F3OS/c1-3-4-22-23-13-19(17-7-10-21(32-2)11-8-17)6-5-18(23)9-12-27(22)31-16-20-14-25(29)26(30)15-24(20)28/h5-15H,3-4,16H2,1-2H3. The molecule has 4 aromatic carbocycles. The van der Waals surface area contributed by atoms with Crippen LogP contribution in [-0.4, -0.2) is 6.26 Å². The SMILES string of the molecule is CCCc1c(OCc2cc(F)c(F)cc2F)ccc2ccc(-c3ccc(SC)cc3)cc12. The highest BCUT2D eigenvalue weighted by Gasteiger charge is 2.14. The number of ether oxygens (including phenoxy) is 1. The first-order chi connectivity index (χ1) is 15.5. The minimum atomic E-state index is -1.21. The van der Waals surface area contributed by atoms with Crippen molar-refractivity contribution < 1.29 is 17.9 Å². The van der Waals surface area contributed by atoms with Crippen LogP contribution in [0.5, 0.6) is 5.75 Å². The van der Waals surface area contributed by atoms with Crippen molar-refractivity contribution >= 4 is 22.5 Å². The van der Waals surface area contributed by atoms with Crippen molar-refractivity contribution in [3.8, 4) is 16.9 Å². The molecule has 0 unspecified atom stereocenters. The molecule has 0 bridgehead atoms. The molecule has 0 saturated carbocycles. The highest BCUT2D eigenvalue weighted by atomic mass is 32.2. The van der Waals surface area contributed by atoms with Crippen molar-refractivity contribution in [2.24, 2.45) is 0 Å². The van der Waals surface area contributed by atoms with Crippen LogP contribution in [0.4, 0.5) is 13.2 Å². The van der Waals surface area contributed by atoms with Crippen molar-refractivity contribution in [2.75, 3.05) is 6.26 Å². The van der Waals surface area contributed by atoms with E-state index in [0.717, 1.165) is 46.4 Å². The molecule has 164 valence electrons. The monoisotopic (exact) mass is 452 g/mol. The third kappa shape index (κ3) is 4.63. The molecular weight excluding hydrogens is 429 g/mol. The average Bonchev–Trinajstić information content (AvgIpc) is 2.81. The molecule has 0 spiro atoms. The van der Waals surface area contributed by atoms with Crippen molar-refractivity contribution in [2.45, 2.75) is 31.3 Å². The van der Waals surface area contributed by atoms with Crippen LogP contribution in [0.25, 0.3) is 21.9 Å². The Balaban J connectivity index is 1.71. The molecule has 1 nitrogen and oxygen atoms in total. The van der Waals surface area contributed by atoms with Gasteiger partial charge in [0.1, 0.15) is 18.2 Å². The van der Waals surface area contributed by atoms with Crippen LogP contribution in [0.15, 0.2) is 71.6 Å². The Kier molecular flexibility index (Phi) is 6.75. The molecule has 32 heavy (non-hydrogen) atoms. The van der Waals surface area contributed by atoms with Crippen LogP contribution < -0.4 is 4.74 Å². The Morgan fingerprint density at radius 2 is 1.47 bits per heavy atom. The summed E-state index contributed by atoms with van der Waals surface area (Å²) in [4.78, 5) is 1.21. The van der Waals surface area contributed by atoms with E-state index in [0.29, 0.717) is 11.8 Å². The molecule has 0 heterocycles. The summed E-state index contributed by atoms with van der Waals surface area (Å²) in [7, 11) is 0. The van der Waals surface area contributed by atoms with Crippen LogP contribution in [0.3, 0.4) is 0 Å². The first-order valence-electron chi connectivity index (χ1n) is 10.5. The zero-order chi connectivity index (χ0) is 22.7. The third-order valence-corrected chi connectivity index (χ3v) is 6.23. The summed E-state index contributed by atoms with van der Waals surface area (Å²) in [5.74, 6) is -2.49. The smallest absolute Gasteiger partial charge is 0.161 e. The molecular formula is C27H23F3OS. The van der Waals surface area contributed by atoms with E-state index in [1.807, 2.05) is 12.1 Å². The molecule has 0 radical (unpaired) electrons. The normalized spacial score (nSPS) is 11.2. The largest absolute Gasteiger partial charge is 0.488 e. The van der Waals surface area contributed by atoms with Gasteiger partial charge in [-0.1, -0.05) is 43.7 Å². The quantitative estimate of drug-likeness (QED) is 0.207. The maximum atomic E-state index is 14.0. The van der Waals surface area contributed by atoms with Gasteiger partial charge in [-0.05, 0) is 64.9 Å². The molecule has 0 aliphatic heterocycles. The summed E-state index contributed by atoms with van der Waals surface area (Å²) in [6, 6.07) is 20.0. The van der Waals surface area contributed by atoms with Gasteiger partial charge in [0.2, 0.25) is 0 Å². The van der Waals surface area contributed by atoms with Crippen LogP contribution in [-0.2, 0) is 13.0 Å². The highest BCUT2D eigenvalue weighted by molar-refractivity contribution is 7.98. The van der Waals surface area contributed by atoms with Crippen LogP contribution >= 0.6 is 11.8 Å². The van der Waals surface area contributed by atoms with Gasteiger partial charge in [0.05, 0.1) is 0 Å². The van der Waals surface area contributed by atoms with Crippen molar-refractivity contribution in [1.82, 2.24) is 0 Å². The van der Waals surface area contributed by atoms with Gasteiger partial charge < -0.3 is 4.74 Å². The zero-order valence-electron chi connectivity index (χ0n) is 17.9. The molecule has 0 N–H and O–H groups in total. The topological polar surface area (TPSA) is 9.23 Å². The predicted octanol–water partition coefficient (Wildman–Crippen LogP) is 8.18. The van der Waals surface area contributed by atoms with Crippen LogP contribution in [0.2, 0.25) is 0 Å². The van der Waals surface area contributed by atoms with E-state index in [9.17, 15) is 13.2 Å². The minimum Gasteiger partial charge on any atom is -0.488 e. The van der Waals surface area contributed by atoms with Gasteiger partial charge in [-0.15, -0.1) is 11.8 Å². The van der Waals surface area contributed by atoms with E-state index in [1.165, 1.54) is 4.90 Å². The summed E-state index contributed by atoms with van der Waals surface area (Å²) < 4.78 is 46.7. The predicted molar refractivity (Wildman–Crippen MR) is 126 cm³/mol. The molecule has 4 aromatic rings. The fourth-order valence-corrected chi connectivity index (χ4v) is 4.21. The van der Waals surface area contributed by atoms with E-state index in [1.54, 1.807) is 11.8 Å². The van der Waals surface area contributed by atoms with Gasteiger partial charge in [-0.2, -0.15) is 0 Å². The van der Waals surface area contributed by atoms with Gasteiger partial charge >= 0.3 is 0 Å². The van der Waals surface area contributed by atoms with Crippen molar-refractivity contribution in [3.63, 3.8) is 0 Å². The lowest BCUT2D eigenvalue weighted by molar-refractivity contribution is 0.295. The Bertz CT molecular complexity index is 1250. The van der Waals surface area contributed by atoms with Gasteiger partial charge in [0.25, 0.3) is 0 Å². The van der Waals surface area contributed by atoms with Crippen LogP contribution in [0.1, 0.15) is 24.5 Å². The Hall–Kier alpha value is -2.92. The number of rotatable bonds is 7. The second-order valence-electron chi connectivity index (χ2n) is 7.60. The molecule has 0 aromatic heterocycles. The molecule has 0 atom stereocenters. The van der Waals surface area contributed by atoms with E-state index >= 15 is 0 Å². The second kappa shape index (κ2) is 9.70. The Morgan fingerprint density at radius 1 is 0.781 bits per heavy atom. The lowest BCUT2D eigenvalue weighted by Gasteiger charge is -2.15. The maximum absolute atomic E-state index is 14.0. The molecule has 0 aliphatic rings. The van der Waals surface area contributed by atoms with E-state index < -0.39 is 17.5 Å². The van der Waals surface area contributed by atoms with E-state index in [2.05, 4.69) is 55.6 Å². The number of hydrogen-bond acceptors (Lipinski definition) is 2.